The SMILES string of the molecule is Cc1ccn2cc(C(=O)Nc3cccnc3)nc2c1. The molecule has 0 bridgehead atoms. The van der Waals surface area contributed by atoms with E-state index >= 15 is 0 Å². The number of carbonyl (C=O) groups excluding carboxylic acids is 1. The molecule has 3 aromatic heterocycles. The average molecular weight is 252 g/mol. The average Bonchev–Trinajstić information content (AvgIpc) is 2.83. The molecule has 5 nitrogen and oxygen atoms in total. The second-order valence-corrected chi connectivity index (χ2v) is 4.29. The Hall–Kier alpha value is -2.69. The number of imidazole rings is 1. The van der Waals surface area contributed by atoms with Crippen LogP contribution in [0.1, 0.15) is 16.1 Å². The molecule has 0 aliphatic rings. The van der Waals surface area contributed by atoms with Crippen molar-refractivity contribution in [1.29, 1.82) is 0 Å². The Morgan fingerprint density at radius 2 is 2.26 bits per heavy atom. The molecule has 1 N–H and O–H groups in total. The zero-order valence-electron chi connectivity index (χ0n) is 10.4. The van der Waals surface area contributed by atoms with Crippen LogP contribution in [0.4, 0.5) is 5.69 Å². The van der Waals surface area contributed by atoms with Gasteiger partial charge in [-0.15, -0.1) is 0 Å². The van der Waals surface area contributed by atoms with Crippen molar-refractivity contribution in [3.63, 3.8) is 0 Å². The lowest BCUT2D eigenvalue weighted by Gasteiger charge is -2.00. The molecule has 0 aromatic carbocycles. The maximum Gasteiger partial charge on any atom is 0.275 e. The number of aryl methyl sites for hydroxylation is 1. The molecule has 0 saturated heterocycles. The highest BCUT2D eigenvalue weighted by molar-refractivity contribution is 6.03. The second kappa shape index (κ2) is 4.53. The van der Waals surface area contributed by atoms with Crippen molar-refractivity contribution in [3.8, 4) is 0 Å². The summed E-state index contributed by atoms with van der Waals surface area (Å²) in [7, 11) is 0. The second-order valence-electron chi connectivity index (χ2n) is 4.29. The standard InChI is InChI=1S/C14H12N4O/c1-10-4-6-18-9-12(17-13(18)7-10)14(19)16-11-3-2-5-15-8-11/h2-9H,1H3,(H,16,19). The third-order valence-corrected chi connectivity index (χ3v) is 2.77. The topological polar surface area (TPSA) is 59.3 Å². The van der Waals surface area contributed by atoms with Gasteiger partial charge in [-0.05, 0) is 36.8 Å². The van der Waals surface area contributed by atoms with E-state index in [1.807, 2.05) is 29.7 Å². The van der Waals surface area contributed by atoms with Crippen molar-refractivity contribution >= 4 is 17.2 Å². The van der Waals surface area contributed by atoms with Crippen molar-refractivity contribution in [1.82, 2.24) is 14.4 Å². The molecule has 0 saturated carbocycles. The summed E-state index contributed by atoms with van der Waals surface area (Å²) in [4.78, 5) is 20.3. The first-order chi connectivity index (χ1) is 9.22. The summed E-state index contributed by atoms with van der Waals surface area (Å²) < 4.78 is 1.82. The number of fused-ring (bicyclic) bond motifs is 1. The molecular weight excluding hydrogens is 240 g/mol. The Balaban J connectivity index is 1.89. The number of amides is 1. The summed E-state index contributed by atoms with van der Waals surface area (Å²) in [5.41, 5.74) is 2.91. The van der Waals surface area contributed by atoms with Crippen molar-refractivity contribution in [2.75, 3.05) is 5.32 Å². The van der Waals surface area contributed by atoms with E-state index in [0.717, 1.165) is 11.2 Å². The summed E-state index contributed by atoms with van der Waals surface area (Å²) in [6.45, 7) is 1.99. The van der Waals surface area contributed by atoms with E-state index in [-0.39, 0.29) is 5.91 Å². The Morgan fingerprint density at radius 1 is 1.37 bits per heavy atom. The fraction of sp³-hybridized carbons (Fsp3) is 0.0714. The third-order valence-electron chi connectivity index (χ3n) is 2.77. The minimum absolute atomic E-state index is 0.241. The minimum Gasteiger partial charge on any atom is -0.319 e. The zero-order chi connectivity index (χ0) is 13.2. The van der Waals surface area contributed by atoms with Crippen LogP contribution < -0.4 is 5.32 Å². The van der Waals surface area contributed by atoms with Crippen molar-refractivity contribution < 1.29 is 4.79 Å². The summed E-state index contributed by atoms with van der Waals surface area (Å²) >= 11 is 0. The van der Waals surface area contributed by atoms with Crippen LogP contribution >= 0.6 is 0 Å². The zero-order valence-corrected chi connectivity index (χ0v) is 10.4. The number of aromatic nitrogens is 3. The fourth-order valence-electron chi connectivity index (χ4n) is 1.82. The van der Waals surface area contributed by atoms with Gasteiger partial charge in [-0.25, -0.2) is 4.98 Å². The first kappa shape index (κ1) is 11.4. The van der Waals surface area contributed by atoms with Gasteiger partial charge in [0.05, 0.1) is 11.9 Å². The maximum atomic E-state index is 12.1. The molecule has 0 aliphatic heterocycles. The Bertz CT molecular complexity index is 734. The number of hydrogen-bond acceptors (Lipinski definition) is 3. The normalized spacial score (nSPS) is 10.6. The molecule has 0 spiro atoms. The van der Waals surface area contributed by atoms with Gasteiger partial charge in [0.25, 0.3) is 5.91 Å². The van der Waals surface area contributed by atoms with Gasteiger partial charge in [0.15, 0.2) is 0 Å². The van der Waals surface area contributed by atoms with Crippen molar-refractivity contribution in [2.24, 2.45) is 0 Å². The maximum absolute atomic E-state index is 12.1. The van der Waals surface area contributed by atoms with E-state index in [1.54, 1.807) is 30.7 Å². The summed E-state index contributed by atoms with van der Waals surface area (Å²) in [6.07, 6.45) is 6.85. The molecule has 5 heteroatoms. The first-order valence-corrected chi connectivity index (χ1v) is 5.89. The molecule has 0 radical (unpaired) electrons. The number of nitrogens with zero attached hydrogens (tertiary/aromatic N) is 3. The van der Waals surface area contributed by atoms with Gasteiger partial charge in [-0.3, -0.25) is 9.78 Å². The molecular formula is C14H12N4O. The van der Waals surface area contributed by atoms with Gasteiger partial charge in [0, 0.05) is 18.6 Å². The molecule has 94 valence electrons. The number of rotatable bonds is 2. The lowest BCUT2D eigenvalue weighted by molar-refractivity contribution is 0.102. The Labute approximate surface area is 109 Å². The quantitative estimate of drug-likeness (QED) is 0.761. The lowest BCUT2D eigenvalue weighted by atomic mass is 10.3. The van der Waals surface area contributed by atoms with Crippen LogP contribution in [-0.2, 0) is 0 Å². The molecule has 3 aromatic rings. The van der Waals surface area contributed by atoms with Gasteiger partial charge in [-0.2, -0.15) is 0 Å². The van der Waals surface area contributed by atoms with E-state index in [9.17, 15) is 4.79 Å². The van der Waals surface area contributed by atoms with Gasteiger partial charge in [0.1, 0.15) is 11.3 Å². The van der Waals surface area contributed by atoms with Crippen LogP contribution in [0.3, 0.4) is 0 Å². The number of anilines is 1. The van der Waals surface area contributed by atoms with Gasteiger partial charge in [0.2, 0.25) is 0 Å². The highest BCUT2D eigenvalue weighted by Gasteiger charge is 2.10. The molecule has 19 heavy (non-hydrogen) atoms. The van der Waals surface area contributed by atoms with E-state index in [0.29, 0.717) is 11.4 Å². The molecule has 0 aliphatic carbocycles. The van der Waals surface area contributed by atoms with Crippen LogP contribution in [0.5, 0.6) is 0 Å². The van der Waals surface area contributed by atoms with E-state index < -0.39 is 0 Å². The molecule has 3 heterocycles. The fourth-order valence-corrected chi connectivity index (χ4v) is 1.82. The van der Waals surface area contributed by atoms with Crippen LogP contribution in [0.15, 0.2) is 49.1 Å². The first-order valence-electron chi connectivity index (χ1n) is 5.89. The van der Waals surface area contributed by atoms with E-state index in [1.165, 1.54) is 0 Å². The lowest BCUT2D eigenvalue weighted by Crippen LogP contribution is -2.12. The number of pyridine rings is 2. The van der Waals surface area contributed by atoms with Crippen LogP contribution in [0.25, 0.3) is 5.65 Å². The Morgan fingerprint density at radius 3 is 3.05 bits per heavy atom. The van der Waals surface area contributed by atoms with Gasteiger partial charge >= 0.3 is 0 Å². The van der Waals surface area contributed by atoms with Gasteiger partial charge < -0.3 is 9.72 Å². The predicted molar refractivity (Wildman–Crippen MR) is 72.1 cm³/mol. The summed E-state index contributed by atoms with van der Waals surface area (Å²) in [6, 6.07) is 7.45. The monoisotopic (exact) mass is 252 g/mol. The van der Waals surface area contributed by atoms with E-state index in [2.05, 4.69) is 15.3 Å². The predicted octanol–water partition coefficient (Wildman–Crippen LogP) is 2.29. The number of hydrogen-bond donors (Lipinski definition) is 1. The molecule has 0 fully saturated rings. The Kier molecular flexibility index (Phi) is 2.72. The van der Waals surface area contributed by atoms with E-state index in [4.69, 9.17) is 0 Å². The summed E-state index contributed by atoms with van der Waals surface area (Å²) in [5.74, 6) is -0.241. The van der Waals surface area contributed by atoms with Crippen molar-refractivity contribution in [3.05, 3.63) is 60.3 Å². The van der Waals surface area contributed by atoms with Crippen LogP contribution in [-0.4, -0.2) is 20.3 Å². The largest absolute Gasteiger partial charge is 0.319 e. The molecule has 0 atom stereocenters. The molecule has 1 amide bonds. The number of nitrogens with one attached hydrogen (secondary N) is 1. The highest BCUT2D eigenvalue weighted by atomic mass is 16.1. The van der Waals surface area contributed by atoms with Crippen LogP contribution in [0.2, 0.25) is 0 Å². The van der Waals surface area contributed by atoms with Crippen molar-refractivity contribution in [2.45, 2.75) is 6.92 Å². The van der Waals surface area contributed by atoms with Gasteiger partial charge in [-0.1, -0.05) is 0 Å². The summed E-state index contributed by atoms with van der Waals surface area (Å²) in [5, 5.41) is 2.76. The highest BCUT2D eigenvalue weighted by Crippen LogP contribution is 2.10. The third kappa shape index (κ3) is 2.30. The van der Waals surface area contributed by atoms with Crippen LogP contribution in [0, 0.1) is 6.92 Å². The molecule has 0 unspecified atom stereocenters. The molecule has 3 rings (SSSR count). The number of carbonyl (C=O) groups is 1. The smallest absolute Gasteiger partial charge is 0.275 e. The minimum atomic E-state index is -0.241.